The van der Waals surface area contributed by atoms with Crippen LogP contribution in [0.4, 0.5) is 10.8 Å². The standard InChI is InChI=1S/C28H20N4O4S/c1-19-10-15-25-26(16-19)37-28(30-25)31(29-18-20-11-13-22(14-12-20)32(34)35)27(33)21-6-5-9-24(17-21)36-23-7-3-2-4-8-23/h2-18H,1H3/b29-18+. The SMILES string of the molecule is Cc1ccc2nc(N(/N=C/c3ccc([N+](=O)[O-])cc3)C(=O)c3cccc(Oc4ccccc4)c3)sc2c1. The monoisotopic (exact) mass is 508 g/mol. The largest absolute Gasteiger partial charge is 0.457 e. The van der Waals surface area contributed by atoms with Crippen LogP contribution in [0.2, 0.25) is 0 Å². The molecule has 0 atom stereocenters. The van der Waals surface area contributed by atoms with Crippen molar-refractivity contribution in [1.82, 2.24) is 4.98 Å². The molecule has 0 N–H and O–H groups in total. The van der Waals surface area contributed by atoms with Crippen molar-refractivity contribution in [3.05, 3.63) is 124 Å². The van der Waals surface area contributed by atoms with Crippen molar-refractivity contribution in [2.45, 2.75) is 6.92 Å². The van der Waals surface area contributed by atoms with Crippen LogP contribution in [0.1, 0.15) is 21.5 Å². The number of anilines is 1. The van der Waals surface area contributed by atoms with Crippen molar-refractivity contribution >= 4 is 44.5 Å². The molecule has 0 unspecified atom stereocenters. The van der Waals surface area contributed by atoms with Crippen molar-refractivity contribution in [3.8, 4) is 11.5 Å². The van der Waals surface area contributed by atoms with E-state index >= 15 is 0 Å². The van der Waals surface area contributed by atoms with Crippen LogP contribution in [0.3, 0.4) is 0 Å². The molecule has 0 aliphatic rings. The van der Waals surface area contributed by atoms with Gasteiger partial charge < -0.3 is 4.74 Å². The third-order valence-electron chi connectivity index (χ3n) is 5.39. The lowest BCUT2D eigenvalue weighted by Gasteiger charge is -2.14. The van der Waals surface area contributed by atoms with E-state index in [-0.39, 0.29) is 5.69 Å². The number of nitro groups is 1. The molecule has 0 spiro atoms. The van der Waals surface area contributed by atoms with Gasteiger partial charge in [0.1, 0.15) is 11.5 Å². The van der Waals surface area contributed by atoms with Crippen LogP contribution >= 0.6 is 11.3 Å². The van der Waals surface area contributed by atoms with Gasteiger partial charge in [0, 0.05) is 17.7 Å². The molecule has 1 amide bonds. The number of fused-ring (bicyclic) bond motifs is 1. The zero-order valence-corrected chi connectivity index (χ0v) is 20.5. The van der Waals surface area contributed by atoms with Crippen LogP contribution in [0.15, 0.2) is 102 Å². The van der Waals surface area contributed by atoms with Gasteiger partial charge in [-0.1, -0.05) is 41.7 Å². The number of carbonyl (C=O) groups is 1. The molecule has 5 aromatic rings. The Morgan fingerprint density at radius 2 is 1.73 bits per heavy atom. The van der Waals surface area contributed by atoms with Gasteiger partial charge in [-0.15, -0.1) is 0 Å². The first-order valence-corrected chi connectivity index (χ1v) is 12.1. The molecule has 0 saturated heterocycles. The topological polar surface area (TPSA) is 97.9 Å². The van der Waals surface area contributed by atoms with E-state index in [4.69, 9.17) is 4.74 Å². The molecule has 0 saturated carbocycles. The average molecular weight is 509 g/mol. The van der Waals surface area contributed by atoms with E-state index in [0.717, 1.165) is 15.8 Å². The first-order valence-electron chi connectivity index (χ1n) is 11.3. The minimum Gasteiger partial charge on any atom is -0.457 e. The summed E-state index contributed by atoms with van der Waals surface area (Å²) in [4.78, 5) is 28.8. The minimum absolute atomic E-state index is 0.0261. The van der Waals surface area contributed by atoms with Crippen LogP contribution in [0.5, 0.6) is 11.5 Å². The van der Waals surface area contributed by atoms with Gasteiger partial charge >= 0.3 is 0 Å². The zero-order valence-electron chi connectivity index (χ0n) is 19.6. The Hall–Kier alpha value is -4.89. The molecule has 0 radical (unpaired) electrons. The van der Waals surface area contributed by atoms with Gasteiger partial charge in [-0.3, -0.25) is 14.9 Å². The minimum atomic E-state index is -0.468. The molecular formula is C28H20N4O4S. The summed E-state index contributed by atoms with van der Waals surface area (Å²) in [5.41, 5.74) is 2.78. The number of hydrogen-bond donors (Lipinski definition) is 0. The summed E-state index contributed by atoms with van der Waals surface area (Å²) in [5.74, 6) is 0.769. The average Bonchev–Trinajstić information content (AvgIpc) is 3.32. The Labute approximate surface area is 216 Å². The molecule has 5 rings (SSSR count). The summed E-state index contributed by atoms with van der Waals surface area (Å²) in [6, 6.07) is 27.9. The van der Waals surface area contributed by atoms with Crippen LogP contribution in [-0.4, -0.2) is 22.0 Å². The summed E-state index contributed by atoms with van der Waals surface area (Å²) in [6.45, 7) is 1.99. The van der Waals surface area contributed by atoms with Crippen molar-refractivity contribution in [2.75, 3.05) is 5.01 Å². The highest BCUT2D eigenvalue weighted by Crippen LogP contribution is 2.31. The van der Waals surface area contributed by atoms with E-state index in [1.165, 1.54) is 34.7 Å². The highest BCUT2D eigenvalue weighted by Gasteiger charge is 2.22. The number of carbonyl (C=O) groups excluding carboxylic acids is 1. The number of rotatable bonds is 7. The number of para-hydroxylation sites is 1. The molecule has 0 bridgehead atoms. The molecule has 1 heterocycles. The smallest absolute Gasteiger partial charge is 0.280 e. The normalized spacial score (nSPS) is 11.1. The fourth-order valence-corrected chi connectivity index (χ4v) is 4.57. The van der Waals surface area contributed by atoms with Crippen molar-refractivity contribution in [1.29, 1.82) is 0 Å². The molecule has 0 fully saturated rings. The number of non-ortho nitro benzene ring substituents is 1. The van der Waals surface area contributed by atoms with E-state index in [0.29, 0.717) is 27.8 Å². The number of hydrazone groups is 1. The molecule has 9 heteroatoms. The second kappa shape index (κ2) is 10.4. The van der Waals surface area contributed by atoms with Crippen molar-refractivity contribution in [2.24, 2.45) is 5.10 Å². The number of benzene rings is 4. The predicted octanol–water partition coefficient (Wildman–Crippen LogP) is 6.99. The summed E-state index contributed by atoms with van der Waals surface area (Å²) < 4.78 is 6.83. The lowest BCUT2D eigenvalue weighted by molar-refractivity contribution is -0.384. The molecular weight excluding hydrogens is 488 g/mol. The molecule has 0 aliphatic heterocycles. The number of thiazole rings is 1. The van der Waals surface area contributed by atoms with E-state index in [9.17, 15) is 14.9 Å². The molecule has 4 aromatic carbocycles. The van der Waals surface area contributed by atoms with Gasteiger partial charge in [0.2, 0.25) is 5.13 Å². The third-order valence-corrected chi connectivity index (χ3v) is 6.39. The van der Waals surface area contributed by atoms with Crippen molar-refractivity contribution < 1.29 is 14.5 Å². The van der Waals surface area contributed by atoms with Crippen LogP contribution in [0, 0.1) is 17.0 Å². The molecule has 37 heavy (non-hydrogen) atoms. The molecule has 8 nitrogen and oxygen atoms in total. The Morgan fingerprint density at radius 3 is 2.49 bits per heavy atom. The quantitative estimate of drug-likeness (QED) is 0.134. The maximum Gasteiger partial charge on any atom is 0.280 e. The first kappa shape index (κ1) is 23.8. The van der Waals surface area contributed by atoms with E-state index in [1.807, 2.05) is 55.5 Å². The van der Waals surface area contributed by atoms with Gasteiger partial charge in [0.15, 0.2) is 0 Å². The molecule has 0 aliphatic carbocycles. The van der Waals surface area contributed by atoms with Gasteiger partial charge in [-0.05, 0) is 72.6 Å². The predicted molar refractivity (Wildman–Crippen MR) is 145 cm³/mol. The number of nitro benzene ring substituents is 1. The van der Waals surface area contributed by atoms with Gasteiger partial charge in [-0.25, -0.2) is 4.98 Å². The van der Waals surface area contributed by atoms with Gasteiger partial charge in [-0.2, -0.15) is 10.1 Å². The number of aryl methyl sites for hydroxylation is 1. The van der Waals surface area contributed by atoms with Crippen molar-refractivity contribution in [3.63, 3.8) is 0 Å². The number of amides is 1. The molecule has 1 aromatic heterocycles. The van der Waals surface area contributed by atoms with Gasteiger partial charge in [0.25, 0.3) is 11.6 Å². The van der Waals surface area contributed by atoms with Crippen LogP contribution in [0.25, 0.3) is 10.2 Å². The van der Waals surface area contributed by atoms with Crippen LogP contribution in [-0.2, 0) is 0 Å². The second-order valence-corrected chi connectivity index (χ2v) is 9.13. The highest BCUT2D eigenvalue weighted by atomic mass is 32.1. The number of aromatic nitrogens is 1. The number of ether oxygens (including phenoxy) is 1. The van der Waals surface area contributed by atoms with E-state index < -0.39 is 10.8 Å². The van der Waals surface area contributed by atoms with Crippen LogP contribution < -0.4 is 9.75 Å². The Bertz CT molecular complexity index is 1610. The summed E-state index contributed by atoms with van der Waals surface area (Å²) in [7, 11) is 0. The Balaban J connectivity index is 1.50. The fourth-order valence-electron chi connectivity index (χ4n) is 3.54. The maximum absolute atomic E-state index is 13.7. The van der Waals surface area contributed by atoms with Gasteiger partial charge in [0.05, 0.1) is 21.4 Å². The summed E-state index contributed by atoms with van der Waals surface area (Å²) in [6.07, 6.45) is 1.48. The number of nitrogens with zero attached hydrogens (tertiary/aromatic N) is 4. The third kappa shape index (κ3) is 5.52. The Morgan fingerprint density at radius 1 is 0.973 bits per heavy atom. The Kier molecular flexibility index (Phi) is 6.69. The number of hydrogen-bond acceptors (Lipinski definition) is 7. The second-order valence-electron chi connectivity index (χ2n) is 8.12. The van der Waals surface area contributed by atoms with E-state index in [2.05, 4.69) is 10.1 Å². The highest BCUT2D eigenvalue weighted by molar-refractivity contribution is 7.22. The zero-order chi connectivity index (χ0) is 25.8. The lowest BCUT2D eigenvalue weighted by Crippen LogP contribution is -2.25. The maximum atomic E-state index is 13.7. The fraction of sp³-hybridized carbons (Fsp3) is 0.0357. The van der Waals surface area contributed by atoms with E-state index in [1.54, 1.807) is 36.4 Å². The first-order chi connectivity index (χ1) is 18.0. The molecule has 182 valence electrons. The lowest BCUT2D eigenvalue weighted by atomic mass is 10.2. The summed E-state index contributed by atoms with van der Waals surface area (Å²) in [5, 5.41) is 17.0. The summed E-state index contributed by atoms with van der Waals surface area (Å²) >= 11 is 1.35.